The third-order valence-corrected chi connectivity index (χ3v) is 6.31. The molecule has 0 spiro atoms. The van der Waals surface area contributed by atoms with Gasteiger partial charge >= 0.3 is 0 Å². The summed E-state index contributed by atoms with van der Waals surface area (Å²) in [7, 11) is 0. The zero-order valence-electron chi connectivity index (χ0n) is 18.3. The van der Waals surface area contributed by atoms with E-state index < -0.39 is 0 Å². The molecule has 0 aliphatic carbocycles. The van der Waals surface area contributed by atoms with Crippen molar-refractivity contribution in [2.24, 2.45) is 0 Å². The molecule has 2 aliphatic heterocycles. The van der Waals surface area contributed by atoms with E-state index in [1.54, 1.807) is 0 Å². The summed E-state index contributed by atoms with van der Waals surface area (Å²) in [6.07, 6.45) is 2.03. The van der Waals surface area contributed by atoms with Crippen LogP contribution in [0.3, 0.4) is 0 Å². The Bertz CT molecular complexity index is 904. The van der Waals surface area contributed by atoms with Gasteiger partial charge in [-0.15, -0.1) is 0 Å². The topological polar surface area (TPSA) is 55.9 Å². The van der Waals surface area contributed by atoms with Crippen LogP contribution >= 0.6 is 0 Å². The number of anilines is 2. The first-order chi connectivity index (χ1) is 15.1. The second-order valence-electron chi connectivity index (χ2n) is 8.54. The molecule has 6 nitrogen and oxygen atoms in total. The van der Waals surface area contributed by atoms with Gasteiger partial charge in [0.1, 0.15) is 0 Å². The number of aryl methyl sites for hydroxylation is 1. The third-order valence-electron chi connectivity index (χ3n) is 6.31. The molecule has 2 saturated heterocycles. The Kier molecular flexibility index (Phi) is 6.99. The predicted molar refractivity (Wildman–Crippen MR) is 124 cm³/mol. The highest BCUT2D eigenvalue weighted by atomic mass is 16.2. The van der Waals surface area contributed by atoms with Crippen molar-refractivity contribution < 1.29 is 9.59 Å². The fourth-order valence-corrected chi connectivity index (χ4v) is 4.33. The number of hydrogen-bond donors (Lipinski definition) is 1. The average molecular weight is 421 g/mol. The Morgan fingerprint density at radius 3 is 2.32 bits per heavy atom. The van der Waals surface area contributed by atoms with Crippen LogP contribution in [0, 0.1) is 6.92 Å². The Hall–Kier alpha value is -2.70. The summed E-state index contributed by atoms with van der Waals surface area (Å²) in [5.74, 6) is 0.211. The van der Waals surface area contributed by atoms with E-state index in [1.807, 2.05) is 29.2 Å². The molecule has 0 radical (unpaired) electrons. The van der Waals surface area contributed by atoms with Crippen LogP contribution in [0.15, 0.2) is 48.5 Å². The molecule has 2 heterocycles. The number of benzene rings is 2. The van der Waals surface area contributed by atoms with Gasteiger partial charge < -0.3 is 15.1 Å². The second-order valence-corrected chi connectivity index (χ2v) is 8.54. The van der Waals surface area contributed by atoms with Gasteiger partial charge in [0.15, 0.2) is 0 Å². The maximum atomic E-state index is 12.4. The number of amides is 2. The zero-order chi connectivity index (χ0) is 21.6. The molecule has 31 heavy (non-hydrogen) atoms. The molecule has 2 aliphatic rings. The lowest BCUT2D eigenvalue weighted by Gasteiger charge is -2.34. The quantitative estimate of drug-likeness (QED) is 0.747. The van der Waals surface area contributed by atoms with Crippen molar-refractivity contribution in [3.63, 3.8) is 0 Å². The Balaban J connectivity index is 1.18. The Labute approximate surface area is 184 Å². The van der Waals surface area contributed by atoms with Gasteiger partial charge in [0, 0.05) is 70.0 Å². The minimum atomic E-state index is 0.0346. The largest absolute Gasteiger partial charge is 0.326 e. The fourth-order valence-electron chi connectivity index (χ4n) is 4.33. The molecule has 0 aromatic heterocycles. The molecular formula is C25H32N4O2. The molecule has 0 saturated carbocycles. The number of nitrogens with zero attached hydrogens (tertiary/aromatic N) is 3. The van der Waals surface area contributed by atoms with Crippen molar-refractivity contribution >= 4 is 23.2 Å². The summed E-state index contributed by atoms with van der Waals surface area (Å²) in [4.78, 5) is 30.9. The molecule has 0 unspecified atom stereocenters. The predicted octanol–water partition coefficient (Wildman–Crippen LogP) is 3.27. The van der Waals surface area contributed by atoms with Gasteiger partial charge in [-0.05, 0) is 48.7 Å². The minimum absolute atomic E-state index is 0.0346. The van der Waals surface area contributed by atoms with E-state index in [0.717, 1.165) is 63.6 Å². The molecule has 1 N–H and O–H groups in total. The maximum absolute atomic E-state index is 12.4. The van der Waals surface area contributed by atoms with Crippen molar-refractivity contribution in [2.45, 2.75) is 32.7 Å². The van der Waals surface area contributed by atoms with Crippen LogP contribution < -0.4 is 10.2 Å². The normalized spacial score (nSPS) is 17.8. The smallest absolute Gasteiger partial charge is 0.227 e. The monoisotopic (exact) mass is 420 g/mol. The lowest BCUT2D eigenvalue weighted by atomic mass is 10.1. The van der Waals surface area contributed by atoms with Gasteiger partial charge in [0.05, 0.1) is 0 Å². The van der Waals surface area contributed by atoms with Gasteiger partial charge in [-0.1, -0.05) is 24.3 Å². The van der Waals surface area contributed by atoms with E-state index in [0.29, 0.717) is 12.8 Å². The average Bonchev–Trinajstić information content (AvgIpc) is 3.21. The summed E-state index contributed by atoms with van der Waals surface area (Å²) in [6, 6.07) is 16.2. The van der Waals surface area contributed by atoms with Crippen molar-refractivity contribution in [3.05, 3.63) is 59.7 Å². The van der Waals surface area contributed by atoms with Gasteiger partial charge in [-0.25, -0.2) is 0 Å². The number of hydrogen-bond acceptors (Lipinski definition) is 4. The first kappa shape index (κ1) is 21.5. The zero-order valence-corrected chi connectivity index (χ0v) is 18.3. The number of piperazine rings is 1. The van der Waals surface area contributed by atoms with Gasteiger partial charge in [0.2, 0.25) is 11.8 Å². The van der Waals surface area contributed by atoms with Crippen LogP contribution in [-0.2, 0) is 16.1 Å². The Morgan fingerprint density at radius 1 is 0.935 bits per heavy atom. The standard InChI is InChI=1S/C25H32N4O2/c1-20-5-2-3-6-21(20)19-28-17-15-27(16-18-28)14-12-24(30)26-22-8-10-23(11-9-22)29-13-4-7-25(29)31/h2-3,5-6,8-11H,4,7,12-19H2,1H3,(H,26,30). The van der Waals surface area contributed by atoms with E-state index in [1.165, 1.54) is 11.1 Å². The van der Waals surface area contributed by atoms with Crippen LogP contribution in [-0.4, -0.2) is 60.9 Å². The van der Waals surface area contributed by atoms with E-state index in [9.17, 15) is 9.59 Å². The van der Waals surface area contributed by atoms with Crippen molar-refractivity contribution in [1.82, 2.24) is 9.80 Å². The summed E-state index contributed by atoms with van der Waals surface area (Å²) in [6.45, 7) is 8.80. The van der Waals surface area contributed by atoms with Gasteiger partial charge in [-0.2, -0.15) is 0 Å². The molecule has 2 aromatic rings. The van der Waals surface area contributed by atoms with Crippen molar-refractivity contribution in [2.75, 3.05) is 49.5 Å². The first-order valence-corrected chi connectivity index (χ1v) is 11.3. The number of rotatable bonds is 7. The molecule has 2 amide bonds. The minimum Gasteiger partial charge on any atom is -0.326 e. The lowest BCUT2D eigenvalue weighted by molar-refractivity contribution is -0.117. The molecular weight excluding hydrogens is 388 g/mol. The highest BCUT2D eigenvalue weighted by Crippen LogP contribution is 2.23. The van der Waals surface area contributed by atoms with Crippen LogP contribution in [0.1, 0.15) is 30.4 Å². The molecule has 2 aromatic carbocycles. The second kappa shape index (κ2) is 10.1. The van der Waals surface area contributed by atoms with E-state index in [-0.39, 0.29) is 11.8 Å². The maximum Gasteiger partial charge on any atom is 0.227 e. The lowest BCUT2D eigenvalue weighted by Crippen LogP contribution is -2.46. The summed E-state index contributed by atoms with van der Waals surface area (Å²) < 4.78 is 0. The molecule has 164 valence electrons. The molecule has 0 atom stereocenters. The molecule has 6 heteroatoms. The summed E-state index contributed by atoms with van der Waals surface area (Å²) in [5, 5.41) is 2.98. The molecule has 0 bridgehead atoms. The van der Waals surface area contributed by atoms with Crippen LogP contribution in [0.2, 0.25) is 0 Å². The Morgan fingerprint density at radius 2 is 1.65 bits per heavy atom. The van der Waals surface area contributed by atoms with Crippen molar-refractivity contribution in [1.29, 1.82) is 0 Å². The summed E-state index contributed by atoms with van der Waals surface area (Å²) >= 11 is 0. The van der Waals surface area contributed by atoms with Gasteiger partial charge in [-0.3, -0.25) is 14.5 Å². The van der Waals surface area contributed by atoms with Gasteiger partial charge in [0.25, 0.3) is 0 Å². The highest BCUT2D eigenvalue weighted by Gasteiger charge is 2.21. The molecule has 2 fully saturated rings. The van der Waals surface area contributed by atoms with Crippen LogP contribution in [0.5, 0.6) is 0 Å². The number of carbonyl (C=O) groups is 2. The first-order valence-electron chi connectivity index (χ1n) is 11.3. The van der Waals surface area contributed by atoms with E-state index >= 15 is 0 Å². The van der Waals surface area contributed by atoms with Crippen LogP contribution in [0.25, 0.3) is 0 Å². The number of carbonyl (C=O) groups excluding carboxylic acids is 2. The van der Waals surface area contributed by atoms with Crippen molar-refractivity contribution in [3.8, 4) is 0 Å². The number of nitrogens with one attached hydrogen (secondary N) is 1. The SMILES string of the molecule is Cc1ccccc1CN1CCN(CCC(=O)Nc2ccc(N3CCCC3=O)cc2)CC1. The molecule has 4 rings (SSSR count). The van der Waals surface area contributed by atoms with E-state index in [4.69, 9.17) is 0 Å². The fraction of sp³-hybridized carbons (Fsp3) is 0.440. The third kappa shape index (κ3) is 5.71. The van der Waals surface area contributed by atoms with Crippen LogP contribution in [0.4, 0.5) is 11.4 Å². The highest BCUT2D eigenvalue weighted by molar-refractivity contribution is 5.96. The summed E-state index contributed by atoms with van der Waals surface area (Å²) in [5.41, 5.74) is 4.43. The van der Waals surface area contributed by atoms with E-state index in [2.05, 4.69) is 46.3 Å².